The van der Waals surface area contributed by atoms with Crippen molar-refractivity contribution in [3.63, 3.8) is 0 Å². The van der Waals surface area contributed by atoms with E-state index in [-0.39, 0.29) is 24.6 Å². The van der Waals surface area contributed by atoms with E-state index in [2.05, 4.69) is 5.32 Å². The first-order chi connectivity index (χ1) is 10.1. The molecule has 0 spiro atoms. The van der Waals surface area contributed by atoms with E-state index in [0.29, 0.717) is 16.5 Å². The van der Waals surface area contributed by atoms with Gasteiger partial charge >= 0.3 is 0 Å². The van der Waals surface area contributed by atoms with Gasteiger partial charge in [0.05, 0.1) is 24.4 Å². The summed E-state index contributed by atoms with van der Waals surface area (Å²) in [4.78, 5) is 11.7. The average molecular weight is 309 g/mol. The summed E-state index contributed by atoms with van der Waals surface area (Å²) in [5.41, 5.74) is 6.25. The van der Waals surface area contributed by atoms with E-state index in [9.17, 15) is 9.18 Å². The lowest BCUT2D eigenvalue weighted by atomic mass is 10.3. The van der Waals surface area contributed by atoms with Crippen LogP contribution in [0, 0.1) is 5.82 Å². The molecule has 0 unspecified atom stereocenters. The molecular weight excluding hydrogens is 295 g/mol. The van der Waals surface area contributed by atoms with Crippen molar-refractivity contribution >= 4 is 28.9 Å². The Morgan fingerprint density at radius 1 is 1.29 bits per heavy atom. The first-order valence-electron chi connectivity index (χ1n) is 6.28. The van der Waals surface area contributed by atoms with Crippen molar-refractivity contribution in [1.29, 1.82) is 0 Å². The molecule has 1 amide bonds. The molecule has 4 nitrogen and oxygen atoms in total. The molecule has 21 heavy (non-hydrogen) atoms. The van der Waals surface area contributed by atoms with E-state index in [0.717, 1.165) is 0 Å². The second-order valence-electron chi connectivity index (χ2n) is 4.31. The number of hydrogen-bond acceptors (Lipinski definition) is 3. The van der Waals surface area contributed by atoms with Gasteiger partial charge in [-0.1, -0.05) is 23.7 Å². The predicted molar refractivity (Wildman–Crippen MR) is 81.0 cm³/mol. The summed E-state index contributed by atoms with van der Waals surface area (Å²) in [6.07, 6.45) is 0.0697. The van der Waals surface area contributed by atoms with Gasteiger partial charge < -0.3 is 15.8 Å². The molecule has 3 N–H and O–H groups in total. The topological polar surface area (TPSA) is 64.3 Å². The number of benzene rings is 2. The van der Waals surface area contributed by atoms with E-state index in [1.165, 1.54) is 18.2 Å². The van der Waals surface area contributed by atoms with Crippen LogP contribution in [0.4, 0.5) is 15.8 Å². The van der Waals surface area contributed by atoms with E-state index < -0.39 is 5.82 Å². The maximum absolute atomic E-state index is 13.4. The number of para-hydroxylation sites is 2. The van der Waals surface area contributed by atoms with Crippen LogP contribution in [0.15, 0.2) is 42.5 Å². The Balaban J connectivity index is 1.85. The van der Waals surface area contributed by atoms with Crippen molar-refractivity contribution in [1.82, 2.24) is 0 Å². The normalized spacial score (nSPS) is 10.2. The Labute approximate surface area is 126 Å². The molecule has 0 aliphatic rings. The SMILES string of the molecule is Nc1ccccc1OCCC(=O)Nc1cc(Cl)ccc1F. The molecule has 0 saturated carbocycles. The highest BCUT2D eigenvalue weighted by Gasteiger charge is 2.08. The van der Waals surface area contributed by atoms with Gasteiger partial charge in [0, 0.05) is 5.02 Å². The smallest absolute Gasteiger partial charge is 0.227 e. The second-order valence-corrected chi connectivity index (χ2v) is 4.75. The Hall–Kier alpha value is -2.27. The number of carbonyl (C=O) groups excluding carboxylic acids is 1. The van der Waals surface area contributed by atoms with Crippen molar-refractivity contribution in [2.75, 3.05) is 17.7 Å². The van der Waals surface area contributed by atoms with Gasteiger partial charge in [-0.2, -0.15) is 0 Å². The zero-order valence-corrected chi connectivity index (χ0v) is 11.9. The van der Waals surface area contributed by atoms with Crippen LogP contribution in [0.2, 0.25) is 5.02 Å². The summed E-state index contributed by atoms with van der Waals surface area (Å²) in [5.74, 6) is -0.397. The number of hydrogen-bond donors (Lipinski definition) is 2. The molecule has 2 aromatic carbocycles. The molecule has 2 rings (SSSR count). The number of rotatable bonds is 5. The lowest BCUT2D eigenvalue weighted by Gasteiger charge is -2.09. The van der Waals surface area contributed by atoms with Crippen LogP contribution in [0.1, 0.15) is 6.42 Å². The molecule has 6 heteroatoms. The molecule has 0 fully saturated rings. The lowest BCUT2D eigenvalue weighted by molar-refractivity contribution is -0.116. The largest absolute Gasteiger partial charge is 0.491 e. The third kappa shape index (κ3) is 4.36. The molecule has 110 valence electrons. The van der Waals surface area contributed by atoms with Crippen LogP contribution in [0.5, 0.6) is 5.75 Å². The van der Waals surface area contributed by atoms with Gasteiger partial charge in [-0.15, -0.1) is 0 Å². The van der Waals surface area contributed by atoms with Gasteiger partial charge in [0.2, 0.25) is 5.91 Å². The van der Waals surface area contributed by atoms with Crippen LogP contribution >= 0.6 is 11.6 Å². The van der Waals surface area contributed by atoms with Crippen LogP contribution in [-0.2, 0) is 4.79 Å². The van der Waals surface area contributed by atoms with Gasteiger partial charge in [-0.3, -0.25) is 4.79 Å². The number of carbonyl (C=O) groups is 1. The Morgan fingerprint density at radius 2 is 2.05 bits per heavy atom. The van der Waals surface area contributed by atoms with E-state index in [1.807, 2.05) is 0 Å². The summed E-state index contributed by atoms with van der Waals surface area (Å²) < 4.78 is 18.8. The molecule has 0 aliphatic heterocycles. The molecule has 0 aromatic heterocycles. The maximum atomic E-state index is 13.4. The monoisotopic (exact) mass is 308 g/mol. The summed E-state index contributed by atoms with van der Waals surface area (Å²) in [6, 6.07) is 10.9. The van der Waals surface area contributed by atoms with Crippen molar-refractivity contribution < 1.29 is 13.9 Å². The number of nitrogens with two attached hydrogens (primary N) is 1. The van der Waals surface area contributed by atoms with Crippen LogP contribution in [0.25, 0.3) is 0 Å². The Bertz CT molecular complexity index is 649. The number of anilines is 2. The lowest BCUT2D eigenvalue weighted by Crippen LogP contribution is -2.16. The molecule has 0 saturated heterocycles. The molecule has 0 heterocycles. The number of nitrogen functional groups attached to an aromatic ring is 1. The standard InChI is InChI=1S/C15H14ClFN2O2/c16-10-5-6-11(17)13(9-10)19-15(20)7-8-21-14-4-2-1-3-12(14)18/h1-6,9H,7-8,18H2,(H,19,20). The third-order valence-electron chi connectivity index (χ3n) is 2.71. The fourth-order valence-electron chi connectivity index (χ4n) is 1.67. The van der Waals surface area contributed by atoms with Gasteiger partial charge in [0.15, 0.2) is 0 Å². The van der Waals surface area contributed by atoms with Gasteiger partial charge in [0.25, 0.3) is 0 Å². The van der Waals surface area contributed by atoms with Crippen molar-refractivity contribution in [3.8, 4) is 5.75 Å². The highest BCUT2D eigenvalue weighted by molar-refractivity contribution is 6.30. The zero-order valence-electron chi connectivity index (χ0n) is 11.1. The number of ether oxygens (including phenoxy) is 1. The van der Waals surface area contributed by atoms with Crippen molar-refractivity contribution in [2.24, 2.45) is 0 Å². The number of amides is 1. The van der Waals surface area contributed by atoms with E-state index in [4.69, 9.17) is 22.1 Å². The summed E-state index contributed by atoms with van der Waals surface area (Å²) >= 11 is 5.75. The molecular formula is C15H14ClFN2O2. The highest BCUT2D eigenvalue weighted by atomic mass is 35.5. The Kier molecular flexibility index (Phi) is 5.00. The predicted octanol–water partition coefficient (Wildman–Crippen LogP) is 3.47. The minimum Gasteiger partial charge on any atom is -0.491 e. The molecule has 0 aliphatic carbocycles. The molecule has 0 radical (unpaired) electrons. The minimum absolute atomic E-state index is 0.0479. The Morgan fingerprint density at radius 3 is 2.81 bits per heavy atom. The fraction of sp³-hybridized carbons (Fsp3) is 0.133. The summed E-state index contributed by atoms with van der Waals surface area (Å²) in [6.45, 7) is 0.141. The first-order valence-corrected chi connectivity index (χ1v) is 6.66. The zero-order chi connectivity index (χ0) is 15.2. The highest BCUT2D eigenvalue weighted by Crippen LogP contribution is 2.21. The average Bonchev–Trinajstić information content (AvgIpc) is 2.45. The molecule has 0 bridgehead atoms. The van der Waals surface area contributed by atoms with Crippen LogP contribution in [-0.4, -0.2) is 12.5 Å². The maximum Gasteiger partial charge on any atom is 0.227 e. The number of nitrogens with one attached hydrogen (secondary N) is 1. The quantitative estimate of drug-likeness (QED) is 0.831. The van der Waals surface area contributed by atoms with Gasteiger partial charge in [0.1, 0.15) is 11.6 Å². The fourth-order valence-corrected chi connectivity index (χ4v) is 1.84. The summed E-state index contributed by atoms with van der Waals surface area (Å²) in [7, 11) is 0. The van der Waals surface area contributed by atoms with Crippen molar-refractivity contribution in [3.05, 3.63) is 53.3 Å². The van der Waals surface area contributed by atoms with Gasteiger partial charge in [-0.05, 0) is 30.3 Å². The van der Waals surface area contributed by atoms with Crippen LogP contribution < -0.4 is 15.8 Å². The second kappa shape index (κ2) is 6.95. The van der Waals surface area contributed by atoms with Crippen molar-refractivity contribution in [2.45, 2.75) is 6.42 Å². The van der Waals surface area contributed by atoms with Gasteiger partial charge in [-0.25, -0.2) is 4.39 Å². The minimum atomic E-state index is -0.541. The van der Waals surface area contributed by atoms with Crippen LogP contribution in [0.3, 0.4) is 0 Å². The third-order valence-corrected chi connectivity index (χ3v) is 2.94. The molecule has 0 atom stereocenters. The summed E-state index contributed by atoms with van der Waals surface area (Å²) in [5, 5.41) is 2.79. The van der Waals surface area contributed by atoms with E-state index >= 15 is 0 Å². The molecule has 2 aromatic rings. The first kappa shape index (κ1) is 15.1. The van der Waals surface area contributed by atoms with E-state index in [1.54, 1.807) is 24.3 Å². The number of halogens is 2.